The van der Waals surface area contributed by atoms with E-state index in [-0.39, 0.29) is 33.0 Å². The minimum absolute atomic E-state index is 0.00954. The molecule has 0 aliphatic carbocycles. The third-order valence-corrected chi connectivity index (χ3v) is 6.69. The summed E-state index contributed by atoms with van der Waals surface area (Å²) in [6, 6.07) is 19.5. The number of ether oxygens (including phenoxy) is 1. The van der Waals surface area contributed by atoms with Crippen LogP contribution in [0.4, 0.5) is 5.69 Å². The quantitative estimate of drug-likeness (QED) is 0.194. The predicted octanol–water partition coefficient (Wildman–Crippen LogP) is 5.92. The number of nitrogens with one attached hydrogen (secondary N) is 1. The van der Waals surface area contributed by atoms with Gasteiger partial charge < -0.3 is 14.2 Å². The summed E-state index contributed by atoms with van der Waals surface area (Å²) in [5, 5.41) is 12.2. The van der Waals surface area contributed by atoms with Crippen molar-refractivity contribution in [1.82, 2.24) is 0 Å². The molecule has 0 spiro atoms. The zero-order chi connectivity index (χ0) is 24.7. The summed E-state index contributed by atoms with van der Waals surface area (Å²) < 4.78 is 37.5. The lowest BCUT2D eigenvalue weighted by Gasteiger charge is -2.14. The van der Waals surface area contributed by atoms with Gasteiger partial charge in [-0.05, 0) is 83.0 Å². The number of benzene rings is 3. The lowest BCUT2D eigenvalue weighted by atomic mass is 10.1. The van der Waals surface area contributed by atoms with Crippen molar-refractivity contribution in [1.29, 1.82) is 5.26 Å². The number of halogens is 2. The molecule has 1 amide bonds. The summed E-state index contributed by atoms with van der Waals surface area (Å²) in [6.45, 7) is 1.97. The highest BCUT2D eigenvalue weighted by Crippen LogP contribution is 2.39. The Morgan fingerprint density at radius 3 is 2.38 bits per heavy atom. The van der Waals surface area contributed by atoms with Crippen LogP contribution in [-0.4, -0.2) is 20.9 Å². The molecule has 174 valence electrons. The predicted molar refractivity (Wildman–Crippen MR) is 136 cm³/mol. The minimum atomic E-state index is -4.11. The van der Waals surface area contributed by atoms with E-state index in [0.717, 1.165) is 4.47 Å². The third kappa shape index (κ3) is 6.47. The number of carbonyl (C=O) groups is 1. The van der Waals surface area contributed by atoms with Crippen LogP contribution in [0.15, 0.2) is 86.1 Å². The fourth-order valence-corrected chi connectivity index (χ4v) is 4.70. The van der Waals surface area contributed by atoms with Gasteiger partial charge in [0.25, 0.3) is 5.91 Å². The molecule has 3 aromatic carbocycles. The van der Waals surface area contributed by atoms with Gasteiger partial charge >= 0.3 is 10.1 Å². The van der Waals surface area contributed by atoms with Crippen LogP contribution in [0.25, 0.3) is 6.08 Å². The molecule has 0 bridgehead atoms. The van der Waals surface area contributed by atoms with Gasteiger partial charge in [-0.15, -0.1) is 0 Å². The van der Waals surface area contributed by atoms with Crippen LogP contribution in [0.3, 0.4) is 0 Å². The van der Waals surface area contributed by atoms with E-state index in [2.05, 4.69) is 37.2 Å². The van der Waals surface area contributed by atoms with Crippen LogP contribution in [0.5, 0.6) is 11.5 Å². The number of carbonyl (C=O) groups excluding carboxylic acids is 1. The smallest absolute Gasteiger partial charge is 0.339 e. The minimum Gasteiger partial charge on any atom is -0.490 e. The van der Waals surface area contributed by atoms with Gasteiger partial charge in [-0.25, -0.2) is 0 Å². The molecule has 0 aliphatic rings. The summed E-state index contributed by atoms with van der Waals surface area (Å²) in [4.78, 5) is 12.6. The summed E-state index contributed by atoms with van der Waals surface area (Å²) >= 11 is 6.64. The molecule has 1 N–H and O–H groups in total. The first-order chi connectivity index (χ1) is 16.2. The van der Waals surface area contributed by atoms with Gasteiger partial charge in [-0.3, -0.25) is 4.79 Å². The van der Waals surface area contributed by atoms with Crippen molar-refractivity contribution in [3.8, 4) is 17.6 Å². The number of hydrogen-bond acceptors (Lipinski definition) is 6. The van der Waals surface area contributed by atoms with E-state index in [9.17, 15) is 18.5 Å². The second-order valence-electron chi connectivity index (χ2n) is 6.74. The normalized spacial score (nSPS) is 11.4. The van der Waals surface area contributed by atoms with Crippen molar-refractivity contribution in [3.05, 3.63) is 86.8 Å². The molecular weight excluding hydrogens is 588 g/mol. The van der Waals surface area contributed by atoms with Crippen molar-refractivity contribution in [2.75, 3.05) is 11.9 Å². The lowest BCUT2D eigenvalue weighted by Crippen LogP contribution is -2.13. The average molecular weight is 606 g/mol. The molecule has 10 heteroatoms. The molecule has 0 aliphatic heterocycles. The highest BCUT2D eigenvalue weighted by Gasteiger charge is 2.22. The maximum Gasteiger partial charge on any atom is 0.339 e. The van der Waals surface area contributed by atoms with E-state index in [1.165, 1.54) is 30.3 Å². The second-order valence-corrected chi connectivity index (χ2v) is 10.1. The number of nitriles is 1. The summed E-state index contributed by atoms with van der Waals surface area (Å²) in [5.74, 6) is -0.500. The second kappa shape index (κ2) is 11.3. The van der Waals surface area contributed by atoms with E-state index in [1.54, 1.807) is 49.4 Å². The van der Waals surface area contributed by atoms with E-state index in [0.29, 0.717) is 11.3 Å². The van der Waals surface area contributed by atoms with Crippen molar-refractivity contribution in [2.45, 2.75) is 11.8 Å². The molecule has 0 fully saturated rings. The largest absolute Gasteiger partial charge is 0.490 e. The van der Waals surface area contributed by atoms with Gasteiger partial charge in [0.2, 0.25) is 0 Å². The molecule has 34 heavy (non-hydrogen) atoms. The SMILES string of the molecule is CCOc1cc(/C=C(\C#N)C(=O)Nc2ccc(Br)cc2)cc(Br)c1OS(=O)(=O)c1ccccc1. The van der Waals surface area contributed by atoms with E-state index in [1.807, 2.05) is 6.07 Å². The molecule has 0 saturated heterocycles. The molecule has 3 aromatic rings. The van der Waals surface area contributed by atoms with Gasteiger partial charge in [0.05, 0.1) is 11.1 Å². The van der Waals surface area contributed by atoms with Crippen LogP contribution in [-0.2, 0) is 14.9 Å². The maximum absolute atomic E-state index is 12.7. The zero-order valence-corrected chi connectivity index (χ0v) is 21.8. The van der Waals surface area contributed by atoms with Crippen molar-refractivity contribution < 1.29 is 22.1 Å². The van der Waals surface area contributed by atoms with Gasteiger partial charge in [-0.2, -0.15) is 13.7 Å². The monoisotopic (exact) mass is 604 g/mol. The first kappa shape index (κ1) is 25.5. The maximum atomic E-state index is 12.7. The number of amides is 1. The molecule has 0 unspecified atom stereocenters. The number of anilines is 1. The average Bonchev–Trinajstić information content (AvgIpc) is 2.82. The first-order valence-electron chi connectivity index (χ1n) is 9.88. The number of rotatable bonds is 8. The van der Waals surface area contributed by atoms with Gasteiger partial charge in [-0.1, -0.05) is 34.1 Å². The standard InChI is InChI=1S/C24H18Br2N2O5S/c1-2-32-22-14-16(12-17(15-27)24(29)28-19-10-8-18(25)9-11-19)13-21(26)23(22)33-34(30,31)20-6-4-3-5-7-20/h3-14H,2H2,1H3,(H,28,29)/b17-12+. The van der Waals surface area contributed by atoms with Gasteiger partial charge in [0, 0.05) is 10.2 Å². The van der Waals surface area contributed by atoms with Gasteiger partial charge in [0.1, 0.15) is 16.5 Å². The van der Waals surface area contributed by atoms with E-state index >= 15 is 0 Å². The summed E-state index contributed by atoms with van der Waals surface area (Å²) in [7, 11) is -4.11. The van der Waals surface area contributed by atoms with E-state index in [4.69, 9.17) is 8.92 Å². The Morgan fingerprint density at radius 2 is 1.76 bits per heavy atom. The third-order valence-electron chi connectivity index (χ3n) is 4.33. The molecule has 3 rings (SSSR count). The lowest BCUT2D eigenvalue weighted by molar-refractivity contribution is -0.112. The van der Waals surface area contributed by atoms with Crippen LogP contribution in [0, 0.1) is 11.3 Å². The fraction of sp³-hybridized carbons (Fsp3) is 0.0833. The number of hydrogen-bond donors (Lipinski definition) is 1. The highest BCUT2D eigenvalue weighted by molar-refractivity contribution is 9.10. The fourth-order valence-electron chi connectivity index (χ4n) is 2.81. The van der Waals surface area contributed by atoms with Crippen molar-refractivity contribution in [3.63, 3.8) is 0 Å². The molecular formula is C24H18Br2N2O5S. The Balaban J connectivity index is 1.93. The van der Waals surface area contributed by atoms with Crippen LogP contribution in [0.2, 0.25) is 0 Å². The summed E-state index contributed by atoms with van der Waals surface area (Å²) in [6.07, 6.45) is 1.37. The Kier molecular flexibility index (Phi) is 8.50. The Hall–Kier alpha value is -3.13. The van der Waals surface area contributed by atoms with Crippen molar-refractivity contribution >= 4 is 59.6 Å². The Labute approximate surface area is 214 Å². The van der Waals surface area contributed by atoms with Crippen LogP contribution < -0.4 is 14.2 Å². The topological polar surface area (TPSA) is 105 Å². The molecule has 0 atom stereocenters. The summed E-state index contributed by atoms with van der Waals surface area (Å²) in [5.41, 5.74) is 0.811. The number of nitrogens with zero attached hydrogens (tertiary/aromatic N) is 1. The zero-order valence-electron chi connectivity index (χ0n) is 17.8. The molecule has 0 heterocycles. The molecule has 0 saturated carbocycles. The highest BCUT2D eigenvalue weighted by atomic mass is 79.9. The Morgan fingerprint density at radius 1 is 1.09 bits per heavy atom. The van der Waals surface area contributed by atoms with E-state index < -0.39 is 16.0 Å². The molecule has 0 aromatic heterocycles. The Bertz CT molecular complexity index is 1370. The molecule has 7 nitrogen and oxygen atoms in total. The van der Waals surface area contributed by atoms with Crippen molar-refractivity contribution in [2.24, 2.45) is 0 Å². The van der Waals surface area contributed by atoms with Crippen LogP contribution >= 0.6 is 31.9 Å². The molecule has 0 radical (unpaired) electrons. The van der Waals surface area contributed by atoms with Gasteiger partial charge in [0.15, 0.2) is 11.5 Å². The first-order valence-corrected chi connectivity index (χ1v) is 12.9. The van der Waals surface area contributed by atoms with Crippen LogP contribution in [0.1, 0.15) is 12.5 Å².